The lowest BCUT2D eigenvalue weighted by Gasteiger charge is -2.31. The van der Waals surface area contributed by atoms with E-state index in [0.717, 1.165) is 54.7 Å². The van der Waals surface area contributed by atoms with Crippen LogP contribution in [0.3, 0.4) is 0 Å². The summed E-state index contributed by atoms with van der Waals surface area (Å²) < 4.78 is 13.4. The number of nitrogens with zero attached hydrogens (tertiary/aromatic N) is 2. The lowest BCUT2D eigenvalue weighted by molar-refractivity contribution is 0.0709. The summed E-state index contributed by atoms with van der Waals surface area (Å²) in [4.78, 5) is 37.6. The molecule has 7 heteroatoms. The first-order valence-corrected chi connectivity index (χ1v) is 9.78. The zero-order chi connectivity index (χ0) is 19.3. The molecule has 0 unspecified atom stereocenters. The standard InChI is InChI=1S/C21H21FN4O2/c22-14-4-5-17-18(11-14)24-19(23-17)12-6-8-26(9-7-12)21(28)15-10-13-2-1-3-16(13)25-20(15)27/h4-5,10-12H,1-3,6-9H2,(H,23,24)(H,25,27). The van der Waals surface area contributed by atoms with Gasteiger partial charge < -0.3 is 14.9 Å². The van der Waals surface area contributed by atoms with Gasteiger partial charge in [0.05, 0.1) is 11.0 Å². The van der Waals surface area contributed by atoms with E-state index in [0.29, 0.717) is 18.6 Å². The molecule has 0 spiro atoms. The molecule has 0 saturated carbocycles. The average Bonchev–Trinajstić information content (AvgIpc) is 3.32. The molecule has 2 aliphatic rings. The Hall–Kier alpha value is -2.96. The van der Waals surface area contributed by atoms with E-state index in [2.05, 4.69) is 15.0 Å². The summed E-state index contributed by atoms with van der Waals surface area (Å²) in [5.74, 6) is 0.546. The van der Waals surface area contributed by atoms with Crippen molar-refractivity contribution >= 4 is 16.9 Å². The van der Waals surface area contributed by atoms with Gasteiger partial charge in [0.25, 0.3) is 11.5 Å². The van der Waals surface area contributed by atoms with Crippen LogP contribution >= 0.6 is 0 Å². The van der Waals surface area contributed by atoms with Crippen LogP contribution in [0.5, 0.6) is 0 Å². The Labute approximate surface area is 160 Å². The number of hydrogen-bond donors (Lipinski definition) is 2. The summed E-state index contributed by atoms with van der Waals surface area (Å²) in [6.45, 7) is 1.15. The first-order chi connectivity index (χ1) is 13.6. The monoisotopic (exact) mass is 380 g/mol. The highest BCUT2D eigenvalue weighted by molar-refractivity contribution is 5.94. The quantitative estimate of drug-likeness (QED) is 0.717. The number of nitrogens with one attached hydrogen (secondary N) is 2. The van der Waals surface area contributed by atoms with Crippen molar-refractivity contribution in [2.75, 3.05) is 13.1 Å². The van der Waals surface area contributed by atoms with Gasteiger partial charge in [0.1, 0.15) is 17.2 Å². The van der Waals surface area contributed by atoms with Gasteiger partial charge in [-0.3, -0.25) is 9.59 Å². The number of benzene rings is 1. The van der Waals surface area contributed by atoms with Crippen LogP contribution in [-0.2, 0) is 12.8 Å². The number of aryl methyl sites for hydroxylation is 2. The number of imidazole rings is 1. The minimum absolute atomic E-state index is 0.192. The molecule has 1 fully saturated rings. The summed E-state index contributed by atoms with van der Waals surface area (Å²) >= 11 is 0. The Balaban J connectivity index is 1.31. The minimum Gasteiger partial charge on any atom is -0.342 e. The third kappa shape index (κ3) is 2.91. The summed E-state index contributed by atoms with van der Waals surface area (Å²) in [7, 11) is 0. The number of halogens is 1. The van der Waals surface area contributed by atoms with Gasteiger partial charge in [-0.2, -0.15) is 0 Å². The fraction of sp³-hybridized carbons (Fsp3) is 0.381. The molecule has 3 aromatic rings. The topological polar surface area (TPSA) is 81.8 Å². The van der Waals surface area contributed by atoms with E-state index in [1.54, 1.807) is 17.0 Å². The number of carbonyl (C=O) groups is 1. The molecule has 3 heterocycles. The maximum absolute atomic E-state index is 13.4. The van der Waals surface area contributed by atoms with Crippen LogP contribution in [0, 0.1) is 5.82 Å². The molecule has 0 radical (unpaired) electrons. The molecule has 1 aliphatic carbocycles. The van der Waals surface area contributed by atoms with Gasteiger partial charge in [-0.15, -0.1) is 0 Å². The van der Waals surface area contributed by atoms with Gasteiger partial charge in [-0.05, 0) is 61.9 Å². The third-order valence-corrected chi connectivity index (χ3v) is 5.95. The summed E-state index contributed by atoms with van der Waals surface area (Å²) in [5, 5.41) is 0. The van der Waals surface area contributed by atoms with Gasteiger partial charge in [0.15, 0.2) is 0 Å². The summed E-state index contributed by atoms with van der Waals surface area (Å²) in [5.41, 5.74) is 3.47. The number of carbonyl (C=O) groups excluding carboxylic acids is 1. The average molecular weight is 380 g/mol. The molecule has 6 nitrogen and oxygen atoms in total. The van der Waals surface area contributed by atoms with Gasteiger partial charge >= 0.3 is 0 Å². The van der Waals surface area contributed by atoms with Gasteiger partial charge in [0.2, 0.25) is 0 Å². The zero-order valence-corrected chi connectivity index (χ0v) is 15.4. The maximum atomic E-state index is 13.4. The second-order valence-electron chi connectivity index (χ2n) is 7.72. The Morgan fingerprint density at radius 2 is 1.96 bits per heavy atom. The molecule has 1 saturated heterocycles. The van der Waals surface area contributed by atoms with Crippen LogP contribution in [-0.4, -0.2) is 38.8 Å². The number of piperidine rings is 1. The van der Waals surface area contributed by atoms with Crippen molar-refractivity contribution in [2.45, 2.75) is 38.0 Å². The van der Waals surface area contributed by atoms with Crippen LogP contribution in [0.15, 0.2) is 29.1 Å². The minimum atomic E-state index is -0.289. The summed E-state index contributed by atoms with van der Waals surface area (Å²) in [6, 6.07) is 6.31. The molecule has 0 bridgehead atoms. The van der Waals surface area contributed by atoms with E-state index in [9.17, 15) is 14.0 Å². The molecule has 144 valence electrons. The fourth-order valence-electron chi connectivity index (χ4n) is 4.39. The maximum Gasteiger partial charge on any atom is 0.261 e. The Kier molecular flexibility index (Phi) is 4.03. The number of H-pyrrole nitrogens is 2. The van der Waals surface area contributed by atoms with Crippen molar-refractivity contribution in [3.8, 4) is 0 Å². The molecule has 1 amide bonds. The van der Waals surface area contributed by atoms with Crippen LogP contribution in [0.25, 0.3) is 11.0 Å². The molecule has 1 aromatic carbocycles. The van der Waals surface area contributed by atoms with Crippen LogP contribution < -0.4 is 5.56 Å². The van der Waals surface area contributed by atoms with E-state index in [1.165, 1.54) is 12.1 Å². The highest BCUT2D eigenvalue weighted by atomic mass is 19.1. The number of hydrogen-bond acceptors (Lipinski definition) is 3. The molecule has 2 aromatic heterocycles. The number of aromatic amines is 2. The lowest BCUT2D eigenvalue weighted by atomic mass is 9.95. The Bertz CT molecular complexity index is 1130. The van der Waals surface area contributed by atoms with Crippen molar-refractivity contribution < 1.29 is 9.18 Å². The number of rotatable bonds is 2. The van der Waals surface area contributed by atoms with E-state index in [-0.39, 0.29) is 28.8 Å². The van der Waals surface area contributed by atoms with E-state index in [4.69, 9.17) is 0 Å². The van der Waals surface area contributed by atoms with Crippen LogP contribution in [0.4, 0.5) is 4.39 Å². The molecular weight excluding hydrogens is 359 g/mol. The molecular formula is C21H21FN4O2. The van der Waals surface area contributed by atoms with E-state index >= 15 is 0 Å². The normalized spacial score (nSPS) is 17.2. The molecule has 2 N–H and O–H groups in total. The Morgan fingerprint density at radius 3 is 2.79 bits per heavy atom. The smallest absolute Gasteiger partial charge is 0.261 e. The predicted molar refractivity (Wildman–Crippen MR) is 103 cm³/mol. The number of pyridine rings is 1. The van der Waals surface area contributed by atoms with Crippen LogP contribution in [0.1, 0.15) is 52.6 Å². The van der Waals surface area contributed by atoms with Crippen LogP contribution in [0.2, 0.25) is 0 Å². The first kappa shape index (κ1) is 17.2. The first-order valence-electron chi connectivity index (χ1n) is 9.78. The van der Waals surface area contributed by atoms with Gasteiger partial charge in [-0.1, -0.05) is 0 Å². The van der Waals surface area contributed by atoms with Gasteiger partial charge in [0, 0.05) is 24.7 Å². The number of aromatic nitrogens is 3. The fourth-order valence-corrected chi connectivity index (χ4v) is 4.39. The number of likely N-dealkylation sites (tertiary alicyclic amines) is 1. The number of amides is 1. The largest absolute Gasteiger partial charge is 0.342 e. The van der Waals surface area contributed by atoms with Crippen molar-refractivity contribution in [3.63, 3.8) is 0 Å². The van der Waals surface area contributed by atoms with E-state index < -0.39 is 0 Å². The third-order valence-electron chi connectivity index (χ3n) is 5.95. The molecule has 5 rings (SSSR count). The highest BCUT2D eigenvalue weighted by Gasteiger charge is 2.28. The highest BCUT2D eigenvalue weighted by Crippen LogP contribution is 2.28. The number of fused-ring (bicyclic) bond motifs is 2. The molecule has 1 aliphatic heterocycles. The summed E-state index contributed by atoms with van der Waals surface area (Å²) in [6.07, 6.45) is 4.34. The van der Waals surface area contributed by atoms with Crippen molar-refractivity contribution in [1.29, 1.82) is 0 Å². The molecule has 28 heavy (non-hydrogen) atoms. The SMILES string of the molecule is O=C(c1cc2c([nH]c1=O)CCC2)N1CCC(c2nc3ccc(F)cc3[nH]2)CC1. The van der Waals surface area contributed by atoms with Crippen molar-refractivity contribution in [2.24, 2.45) is 0 Å². The van der Waals surface area contributed by atoms with Gasteiger partial charge in [-0.25, -0.2) is 9.37 Å². The van der Waals surface area contributed by atoms with Crippen molar-refractivity contribution in [3.05, 3.63) is 63.1 Å². The zero-order valence-electron chi connectivity index (χ0n) is 15.4. The molecule has 0 atom stereocenters. The predicted octanol–water partition coefficient (Wildman–Crippen LogP) is 2.90. The van der Waals surface area contributed by atoms with Crippen molar-refractivity contribution in [1.82, 2.24) is 19.9 Å². The second-order valence-corrected chi connectivity index (χ2v) is 7.72. The van der Waals surface area contributed by atoms with E-state index in [1.807, 2.05) is 0 Å². The second kappa shape index (κ2) is 6.58. The Morgan fingerprint density at radius 1 is 1.14 bits per heavy atom. The lowest BCUT2D eigenvalue weighted by Crippen LogP contribution is -2.40.